The monoisotopic (exact) mass is 341 g/mol. The second-order valence-electron chi connectivity index (χ2n) is 5.44. The summed E-state index contributed by atoms with van der Waals surface area (Å²) in [7, 11) is 0. The third kappa shape index (κ3) is 3.71. The molecule has 0 bridgehead atoms. The van der Waals surface area contributed by atoms with E-state index in [-0.39, 0.29) is 5.91 Å². The first-order valence-electron chi connectivity index (χ1n) is 7.67. The van der Waals surface area contributed by atoms with Gasteiger partial charge in [0.05, 0.1) is 24.2 Å². The van der Waals surface area contributed by atoms with Crippen molar-refractivity contribution in [2.75, 3.05) is 5.75 Å². The van der Waals surface area contributed by atoms with Crippen LogP contribution in [0.25, 0.3) is 5.69 Å². The molecule has 0 aliphatic heterocycles. The van der Waals surface area contributed by atoms with Crippen molar-refractivity contribution in [2.45, 2.75) is 25.5 Å². The van der Waals surface area contributed by atoms with E-state index in [1.54, 1.807) is 18.5 Å². The first-order valence-corrected chi connectivity index (χ1v) is 8.65. The zero-order valence-electron chi connectivity index (χ0n) is 13.7. The van der Waals surface area contributed by atoms with Crippen LogP contribution in [-0.2, 0) is 11.3 Å². The largest absolute Gasteiger partial charge is 0.467 e. The SMILES string of the molecule is Cc1cccc(-n2ccnc2SCC(=O)NCc2ccco2)c1C. The number of hydrogen-bond donors (Lipinski definition) is 1. The summed E-state index contributed by atoms with van der Waals surface area (Å²) in [5.74, 6) is 1.000. The van der Waals surface area contributed by atoms with Gasteiger partial charge in [-0.3, -0.25) is 9.36 Å². The summed E-state index contributed by atoms with van der Waals surface area (Å²) in [6.45, 7) is 4.58. The Labute approximate surface area is 145 Å². The maximum absolute atomic E-state index is 12.0. The molecule has 1 amide bonds. The molecule has 1 aromatic carbocycles. The summed E-state index contributed by atoms with van der Waals surface area (Å²) in [5, 5.41) is 3.64. The van der Waals surface area contributed by atoms with Gasteiger partial charge in [0, 0.05) is 12.4 Å². The van der Waals surface area contributed by atoms with Gasteiger partial charge >= 0.3 is 0 Å². The highest BCUT2D eigenvalue weighted by molar-refractivity contribution is 7.99. The predicted octanol–water partition coefficient (Wildman–Crippen LogP) is 3.49. The smallest absolute Gasteiger partial charge is 0.230 e. The van der Waals surface area contributed by atoms with Gasteiger partial charge in [0.2, 0.25) is 5.91 Å². The third-order valence-corrected chi connectivity index (χ3v) is 4.78. The summed E-state index contributed by atoms with van der Waals surface area (Å²) in [4.78, 5) is 16.4. The molecule has 124 valence electrons. The molecule has 0 saturated carbocycles. The Morgan fingerprint density at radius 1 is 1.29 bits per heavy atom. The highest BCUT2D eigenvalue weighted by Gasteiger charge is 2.11. The molecule has 0 aliphatic rings. The average molecular weight is 341 g/mol. The molecular weight excluding hydrogens is 322 g/mol. The number of amides is 1. The number of aromatic nitrogens is 2. The van der Waals surface area contributed by atoms with E-state index in [1.165, 1.54) is 22.9 Å². The molecule has 24 heavy (non-hydrogen) atoms. The number of nitrogens with one attached hydrogen (secondary N) is 1. The van der Waals surface area contributed by atoms with Gasteiger partial charge in [-0.2, -0.15) is 0 Å². The van der Waals surface area contributed by atoms with E-state index in [0.717, 1.165) is 16.6 Å². The van der Waals surface area contributed by atoms with Crippen molar-refractivity contribution in [1.82, 2.24) is 14.9 Å². The summed E-state index contributed by atoms with van der Waals surface area (Å²) in [6.07, 6.45) is 5.27. The molecule has 0 unspecified atom stereocenters. The first kappa shape index (κ1) is 16.4. The van der Waals surface area contributed by atoms with Crippen LogP contribution >= 0.6 is 11.8 Å². The van der Waals surface area contributed by atoms with Crippen LogP contribution in [0.1, 0.15) is 16.9 Å². The Bertz CT molecular complexity index is 825. The van der Waals surface area contributed by atoms with Crippen LogP contribution in [0.2, 0.25) is 0 Å². The summed E-state index contributed by atoms with van der Waals surface area (Å²) >= 11 is 1.42. The predicted molar refractivity (Wildman–Crippen MR) is 94.3 cm³/mol. The van der Waals surface area contributed by atoms with Gasteiger partial charge < -0.3 is 9.73 Å². The lowest BCUT2D eigenvalue weighted by Gasteiger charge is -2.12. The van der Waals surface area contributed by atoms with Crippen LogP contribution in [-0.4, -0.2) is 21.2 Å². The lowest BCUT2D eigenvalue weighted by Crippen LogP contribution is -2.24. The number of imidazole rings is 1. The number of furan rings is 1. The van der Waals surface area contributed by atoms with Gasteiger partial charge in [0.1, 0.15) is 5.76 Å². The van der Waals surface area contributed by atoms with Crippen molar-refractivity contribution in [3.8, 4) is 5.69 Å². The number of benzene rings is 1. The molecule has 0 fully saturated rings. The highest BCUT2D eigenvalue weighted by Crippen LogP contribution is 2.24. The van der Waals surface area contributed by atoms with E-state index in [1.807, 2.05) is 22.9 Å². The van der Waals surface area contributed by atoms with Crippen molar-refractivity contribution in [3.63, 3.8) is 0 Å². The molecule has 5 nitrogen and oxygen atoms in total. The van der Waals surface area contributed by atoms with Crippen LogP contribution in [0, 0.1) is 13.8 Å². The molecule has 0 saturated heterocycles. The number of carbonyl (C=O) groups excluding carboxylic acids is 1. The normalized spacial score (nSPS) is 10.8. The van der Waals surface area contributed by atoms with Gasteiger partial charge in [-0.25, -0.2) is 4.98 Å². The Morgan fingerprint density at radius 3 is 2.96 bits per heavy atom. The molecule has 0 atom stereocenters. The van der Waals surface area contributed by atoms with E-state index >= 15 is 0 Å². The fraction of sp³-hybridized carbons (Fsp3) is 0.222. The second-order valence-corrected chi connectivity index (χ2v) is 6.39. The minimum absolute atomic E-state index is 0.0492. The van der Waals surface area contributed by atoms with Gasteiger partial charge in [-0.15, -0.1) is 0 Å². The van der Waals surface area contributed by atoms with Crippen molar-refractivity contribution in [3.05, 3.63) is 65.9 Å². The van der Waals surface area contributed by atoms with Crippen molar-refractivity contribution in [2.24, 2.45) is 0 Å². The van der Waals surface area contributed by atoms with Crippen molar-refractivity contribution < 1.29 is 9.21 Å². The lowest BCUT2D eigenvalue weighted by atomic mass is 10.1. The van der Waals surface area contributed by atoms with E-state index in [0.29, 0.717) is 12.3 Å². The Kier molecular flexibility index (Phi) is 5.05. The van der Waals surface area contributed by atoms with E-state index < -0.39 is 0 Å². The molecule has 2 heterocycles. The molecular formula is C18H19N3O2S. The number of carbonyl (C=O) groups is 1. The molecule has 0 spiro atoms. The second kappa shape index (κ2) is 7.40. The highest BCUT2D eigenvalue weighted by atomic mass is 32.2. The fourth-order valence-corrected chi connectivity index (χ4v) is 3.15. The first-order chi connectivity index (χ1) is 11.6. The maximum Gasteiger partial charge on any atom is 0.230 e. The van der Waals surface area contributed by atoms with Crippen LogP contribution in [0.5, 0.6) is 0 Å². The number of rotatable bonds is 6. The van der Waals surface area contributed by atoms with Gasteiger partial charge in [-0.1, -0.05) is 23.9 Å². The minimum atomic E-state index is -0.0492. The Balaban J connectivity index is 1.63. The quantitative estimate of drug-likeness (QED) is 0.697. The number of nitrogens with zero attached hydrogens (tertiary/aromatic N) is 2. The number of aryl methyl sites for hydroxylation is 1. The van der Waals surface area contributed by atoms with Crippen LogP contribution in [0.3, 0.4) is 0 Å². The third-order valence-electron chi connectivity index (χ3n) is 3.81. The average Bonchev–Trinajstić information content (AvgIpc) is 3.25. The standard InChI is InChI=1S/C18H19N3O2S/c1-13-5-3-7-16(14(13)2)21-9-8-19-18(21)24-12-17(22)20-11-15-6-4-10-23-15/h3-10H,11-12H2,1-2H3,(H,20,22). The minimum Gasteiger partial charge on any atom is -0.467 e. The topological polar surface area (TPSA) is 60.1 Å². The van der Waals surface area contributed by atoms with Gasteiger partial charge in [-0.05, 0) is 43.2 Å². The van der Waals surface area contributed by atoms with Crippen LogP contribution in [0.4, 0.5) is 0 Å². The molecule has 6 heteroatoms. The molecule has 0 radical (unpaired) electrons. The molecule has 3 rings (SSSR count). The van der Waals surface area contributed by atoms with Gasteiger partial charge in [0.25, 0.3) is 0 Å². The Morgan fingerprint density at radius 2 is 2.17 bits per heavy atom. The summed E-state index contributed by atoms with van der Waals surface area (Å²) < 4.78 is 7.22. The number of hydrogen-bond acceptors (Lipinski definition) is 4. The van der Waals surface area contributed by atoms with E-state index in [9.17, 15) is 4.79 Å². The van der Waals surface area contributed by atoms with Crippen molar-refractivity contribution in [1.29, 1.82) is 0 Å². The van der Waals surface area contributed by atoms with Gasteiger partial charge in [0.15, 0.2) is 5.16 Å². The van der Waals surface area contributed by atoms with E-state index in [4.69, 9.17) is 4.42 Å². The lowest BCUT2D eigenvalue weighted by molar-refractivity contribution is -0.118. The van der Waals surface area contributed by atoms with E-state index in [2.05, 4.69) is 36.3 Å². The molecule has 0 aliphatic carbocycles. The van der Waals surface area contributed by atoms with Crippen LogP contribution < -0.4 is 5.32 Å². The molecule has 3 aromatic rings. The zero-order chi connectivity index (χ0) is 16.9. The van der Waals surface area contributed by atoms with Crippen LogP contribution in [0.15, 0.2) is 58.6 Å². The van der Waals surface area contributed by atoms with Crippen molar-refractivity contribution >= 4 is 17.7 Å². The fourth-order valence-electron chi connectivity index (χ4n) is 2.36. The molecule has 2 aromatic heterocycles. The zero-order valence-corrected chi connectivity index (χ0v) is 14.5. The molecule has 1 N–H and O–H groups in total. The Hall–Kier alpha value is -2.47. The summed E-state index contributed by atoms with van der Waals surface area (Å²) in [6, 6.07) is 9.82. The number of thioether (sulfide) groups is 1. The maximum atomic E-state index is 12.0. The summed E-state index contributed by atoms with van der Waals surface area (Å²) in [5.41, 5.74) is 3.53.